The van der Waals surface area contributed by atoms with Crippen molar-refractivity contribution in [2.24, 2.45) is 0 Å². The Morgan fingerprint density at radius 3 is 2.31 bits per heavy atom. The second-order valence-electron chi connectivity index (χ2n) is 6.37. The summed E-state index contributed by atoms with van der Waals surface area (Å²) in [6.07, 6.45) is 0.659. The molecule has 1 atom stereocenters. The van der Waals surface area contributed by atoms with E-state index in [1.807, 2.05) is 63.2 Å². The lowest BCUT2D eigenvalue weighted by molar-refractivity contribution is -0.137. The Labute approximate surface area is 154 Å². The number of methoxy groups -OCH3 is 1. The van der Waals surface area contributed by atoms with E-state index in [0.29, 0.717) is 12.1 Å². The average molecular weight is 354 g/mol. The molecule has 1 unspecified atom stereocenters. The van der Waals surface area contributed by atoms with Crippen LogP contribution in [0.15, 0.2) is 48.5 Å². The van der Waals surface area contributed by atoms with Crippen LogP contribution >= 0.6 is 0 Å². The van der Waals surface area contributed by atoms with Crippen LogP contribution in [0.3, 0.4) is 0 Å². The van der Waals surface area contributed by atoms with Crippen LogP contribution in [-0.4, -0.2) is 25.5 Å². The van der Waals surface area contributed by atoms with Crippen LogP contribution in [0, 0.1) is 13.8 Å². The van der Waals surface area contributed by atoms with Gasteiger partial charge in [0.15, 0.2) is 0 Å². The maximum absolute atomic E-state index is 12.3. The van der Waals surface area contributed by atoms with Gasteiger partial charge in [-0.25, -0.2) is 0 Å². The summed E-state index contributed by atoms with van der Waals surface area (Å²) in [5.74, 6) is -1.37. The molecule has 0 saturated heterocycles. The number of aryl methyl sites for hydroxylation is 2. The van der Waals surface area contributed by atoms with E-state index < -0.39 is 17.4 Å². The number of carbonyl (C=O) groups is 2. The smallest absolute Gasteiger partial charge is 0.313 e. The molecule has 0 heterocycles. The number of nitrogens with one attached hydrogen (secondary N) is 2. The van der Waals surface area contributed by atoms with Gasteiger partial charge in [-0.1, -0.05) is 55.0 Å². The summed E-state index contributed by atoms with van der Waals surface area (Å²) in [4.78, 5) is 24.5. The fourth-order valence-corrected chi connectivity index (χ4v) is 2.94. The van der Waals surface area contributed by atoms with Crippen molar-refractivity contribution in [1.82, 2.24) is 5.32 Å². The Morgan fingerprint density at radius 2 is 1.73 bits per heavy atom. The highest BCUT2D eigenvalue weighted by molar-refractivity contribution is 6.39. The number of carbonyl (C=O) groups excluding carboxylic acids is 2. The second kappa shape index (κ2) is 8.63. The van der Waals surface area contributed by atoms with Crippen LogP contribution in [-0.2, 0) is 19.9 Å². The minimum absolute atomic E-state index is 0.211. The van der Waals surface area contributed by atoms with Crippen molar-refractivity contribution in [1.29, 1.82) is 0 Å². The van der Waals surface area contributed by atoms with Crippen LogP contribution < -0.4 is 10.6 Å². The van der Waals surface area contributed by atoms with E-state index in [0.717, 1.165) is 16.7 Å². The Morgan fingerprint density at radius 1 is 1.04 bits per heavy atom. The number of benzene rings is 2. The first-order valence-corrected chi connectivity index (χ1v) is 8.69. The molecule has 2 rings (SSSR count). The van der Waals surface area contributed by atoms with Gasteiger partial charge in [0.1, 0.15) is 5.60 Å². The maximum atomic E-state index is 12.3. The minimum Gasteiger partial charge on any atom is -0.372 e. The van der Waals surface area contributed by atoms with E-state index in [-0.39, 0.29) is 6.54 Å². The van der Waals surface area contributed by atoms with Crippen molar-refractivity contribution in [3.63, 3.8) is 0 Å². The van der Waals surface area contributed by atoms with Crippen LogP contribution in [0.4, 0.5) is 5.69 Å². The fourth-order valence-electron chi connectivity index (χ4n) is 2.94. The molecular formula is C21H26N2O3. The topological polar surface area (TPSA) is 67.4 Å². The molecule has 0 aliphatic rings. The summed E-state index contributed by atoms with van der Waals surface area (Å²) in [5.41, 5.74) is 2.93. The Balaban J connectivity index is 2.04. The number of anilines is 1. The molecule has 2 amide bonds. The van der Waals surface area contributed by atoms with Crippen molar-refractivity contribution in [3.8, 4) is 0 Å². The van der Waals surface area contributed by atoms with E-state index in [1.165, 1.54) is 0 Å². The molecule has 0 aromatic heterocycles. The molecule has 0 aliphatic carbocycles. The quantitative estimate of drug-likeness (QED) is 0.782. The molecule has 0 spiro atoms. The molecule has 2 N–H and O–H groups in total. The molecule has 0 aliphatic heterocycles. The Bertz CT molecular complexity index is 768. The van der Waals surface area contributed by atoms with Gasteiger partial charge in [0, 0.05) is 12.8 Å². The average Bonchev–Trinajstić information content (AvgIpc) is 2.66. The lowest BCUT2D eigenvalue weighted by Gasteiger charge is -2.32. The van der Waals surface area contributed by atoms with Crippen molar-refractivity contribution in [2.45, 2.75) is 32.8 Å². The Kier molecular flexibility index (Phi) is 6.52. The number of rotatable bonds is 6. The van der Waals surface area contributed by atoms with Crippen molar-refractivity contribution in [3.05, 3.63) is 65.2 Å². The predicted octanol–water partition coefficient (Wildman–Crippen LogP) is 3.31. The lowest BCUT2D eigenvalue weighted by Crippen LogP contribution is -2.45. The van der Waals surface area contributed by atoms with Gasteiger partial charge in [-0.15, -0.1) is 0 Å². The summed E-state index contributed by atoms with van der Waals surface area (Å²) in [6.45, 7) is 6.06. The molecular weight excluding hydrogens is 328 g/mol. The summed E-state index contributed by atoms with van der Waals surface area (Å²) in [7, 11) is 1.61. The first-order valence-electron chi connectivity index (χ1n) is 8.69. The molecule has 138 valence electrons. The Hall–Kier alpha value is -2.66. The number of hydrogen-bond acceptors (Lipinski definition) is 3. The molecule has 0 radical (unpaired) electrons. The normalized spacial score (nSPS) is 12.9. The first-order chi connectivity index (χ1) is 12.4. The molecule has 0 bridgehead atoms. The van der Waals surface area contributed by atoms with Gasteiger partial charge in [-0.3, -0.25) is 9.59 Å². The van der Waals surface area contributed by atoms with Gasteiger partial charge in [-0.2, -0.15) is 0 Å². The van der Waals surface area contributed by atoms with Gasteiger partial charge in [0.05, 0.1) is 6.54 Å². The minimum atomic E-state index is -0.689. The third kappa shape index (κ3) is 4.49. The molecule has 5 nitrogen and oxygen atoms in total. The van der Waals surface area contributed by atoms with Crippen molar-refractivity contribution < 1.29 is 14.3 Å². The maximum Gasteiger partial charge on any atom is 0.313 e. The highest BCUT2D eigenvalue weighted by Gasteiger charge is 2.31. The summed E-state index contributed by atoms with van der Waals surface area (Å²) in [5, 5.41) is 5.36. The zero-order valence-corrected chi connectivity index (χ0v) is 15.8. The van der Waals surface area contributed by atoms with Gasteiger partial charge in [0.2, 0.25) is 0 Å². The molecule has 2 aromatic carbocycles. The van der Waals surface area contributed by atoms with E-state index in [1.54, 1.807) is 13.2 Å². The molecule has 0 fully saturated rings. The van der Waals surface area contributed by atoms with Crippen LogP contribution in [0.25, 0.3) is 0 Å². The predicted molar refractivity (Wildman–Crippen MR) is 103 cm³/mol. The van der Waals surface area contributed by atoms with Crippen LogP contribution in [0.1, 0.15) is 30.0 Å². The highest BCUT2D eigenvalue weighted by atomic mass is 16.5. The molecule has 5 heteroatoms. The largest absolute Gasteiger partial charge is 0.372 e. The van der Waals surface area contributed by atoms with Gasteiger partial charge < -0.3 is 15.4 Å². The molecule has 2 aromatic rings. The SMILES string of the molecule is CCC(CNC(=O)C(=O)Nc1ccc(C)cc1C)(OC)c1ccccc1. The lowest BCUT2D eigenvalue weighted by atomic mass is 9.90. The highest BCUT2D eigenvalue weighted by Crippen LogP contribution is 2.28. The summed E-state index contributed by atoms with van der Waals surface area (Å²) in [6, 6.07) is 15.3. The van der Waals surface area contributed by atoms with Gasteiger partial charge in [-0.05, 0) is 37.5 Å². The van der Waals surface area contributed by atoms with E-state index in [9.17, 15) is 9.59 Å². The second-order valence-corrected chi connectivity index (χ2v) is 6.37. The summed E-state index contributed by atoms with van der Waals surface area (Å²) >= 11 is 0. The zero-order valence-electron chi connectivity index (χ0n) is 15.8. The fraction of sp³-hybridized carbons (Fsp3) is 0.333. The van der Waals surface area contributed by atoms with E-state index in [4.69, 9.17) is 4.74 Å². The third-order valence-corrected chi connectivity index (χ3v) is 4.63. The van der Waals surface area contributed by atoms with E-state index >= 15 is 0 Å². The first kappa shape index (κ1) is 19.7. The van der Waals surface area contributed by atoms with Crippen LogP contribution in [0.5, 0.6) is 0 Å². The van der Waals surface area contributed by atoms with E-state index in [2.05, 4.69) is 10.6 Å². The molecule has 0 saturated carbocycles. The van der Waals surface area contributed by atoms with Crippen LogP contribution in [0.2, 0.25) is 0 Å². The summed E-state index contributed by atoms with van der Waals surface area (Å²) < 4.78 is 5.71. The van der Waals surface area contributed by atoms with Gasteiger partial charge >= 0.3 is 11.8 Å². The zero-order chi connectivity index (χ0) is 19.2. The number of amides is 2. The van der Waals surface area contributed by atoms with Gasteiger partial charge in [0.25, 0.3) is 0 Å². The van der Waals surface area contributed by atoms with Crippen molar-refractivity contribution >= 4 is 17.5 Å². The monoisotopic (exact) mass is 354 g/mol. The molecule has 26 heavy (non-hydrogen) atoms. The van der Waals surface area contributed by atoms with Crippen molar-refractivity contribution in [2.75, 3.05) is 19.0 Å². The number of hydrogen-bond donors (Lipinski definition) is 2. The third-order valence-electron chi connectivity index (χ3n) is 4.63. The number of ether oxygens (including phenoxy) is 1. The standard InChI is InChI=1S/C21H26N2O3/c1-5-21(26-4,17-9-7-6-8-10-17)14-22-19(24)20(25)23-18-12-11-15(2)13-16(18)3/h6-13H,5,14H2,1-4H3,(H,22,24)(H,23,25).